The van der Waals surface area contributed by atoms with Crippen molar-refractivity contribution < 1.29 is 18.0 Å². The number of anilines is 1. The predicted molar refractivity (Wildman–Crippen MR) is 128 cm³/mol. The lowest BCUT2D eigenvalue weighted by Gasteiger charge is -2.33. The maximum atomic E-state index is 13.5. The van der Waals surface area contributed by atoms with E-state index in [0.29, 0.717) is 18.7 Å². The van der Waals surface area contributed by atoms with Gasteiger partial charge in [0, 0.05) is 13.1 Å². The molecule has 7 nitrogen and oxygen atoms in total. The molecule has 8 heteroatoms. The quantitative estimate of drug-likeness (QED) is 0.559. The second-order valence-corrected chi connectivity index (χ2v) is 9.74. The Hall–Kier alpha value is -2.87. The van der Waals surface area contributed by atoms with Crippen molar-refractivity contribution in [2.75, 3.05) is 23.7 Å². The number of aryl methyl sites for hydroxylation is 1. The molecular formula is C24H33N3O4S. The Bertz CT molecular complexity index is 1010. The smallest absolute Gasteiger partial charge is 0.244 e. The highest BCUT2D eigenvalue weighted by atomic mass is 32.2. The normalized spacial score (nSPS) is 12.1. The Morgan fingerprint density at radius 2 is 1.72 bits per heavy atom. The van der Waals surface area contributed by atoms with Gasteiger partial charge >= 0.3 is 0 Å². The van der Waals surface area contributed by atoms with Crippen molar-refractivity contribution in [2.45, 2.75) is 46.2 Å². The third-order valence-electron chi connectivity index (χ3n) is 5.10. The first-order valence-electron chi connectivity index (χ1n) is 10.8. The number of nitrogens with zero attached hydrogens (tertiary/aromatic N) is 2. The van der Waals surface area contributed by atoms with Gasteiger partial charge in [-0.05, 0) is 43.0 Å². The number of hydrogen-bond acceptors (Lipinski definition) is 4. The zero-order chi connectivity index (χ0) is 23.7. The summed E-state index contributed by atoms with van der Waals surface area (Å²) in [6.07, 6.45) is 2.27. The molecule has 0 aliphatic rings. The van der Waals surface area contributed by atoms with Gasteiger partial charge in [0.15, 0.2) is 0 Å². The molecule has 0 radical (unpaired) electrons. The van der Waals surface area contributed by atoms with Crippen LogP contribution in [-0.2, 0) is 26.2 Å². The van der Waals surface area contributed by atoms with Crippen molar-refractivity contribution in [1.29, 1.82) is 0 Å². The van der Waals surface area contributed by atoms with Gasteiger partial charge in [-0.15, -0.1) is 0 Å². The van der Waals surface area contributed by atoms with Crippen molar-refractivity contribution in [3.63, 3.8) is 0 Å². The molecule has 2 aromatic carbocycles. The molecular weight excluding hydrogens is 426 g/mol. The van der Waals surface area contributed by atoms with Crippen molar-refractivity contribution in [3.05, 3.63) is 65.7 Å². The van der Waals surface area contributed by atoms with Crippen LogP contribution >= 0.6 is 0 Å². The summed E-state index contributed by atoms with van der Waals surface area (Å²) in [6, 6.07) is 15.7. The zero-order valence-electron chi connectivity index (χ0n) is 19.2. The molecule has 0 fully saturated rings. The molecule has 0 heterocycles. The average molecular weight is 460 g/mol. The summed E-state index contributed by atoms with van der Waals surface area (Å²) in [5, 5.41) is 2.86. The molecule has 174 valence electrons. The summed E-state index contributed by atoms with van der Waals surface area (Å²) < 4.78 is 26.2. The summed E-state index contributed by atoms with van der Waals surface area (Å²) >= 11 is 0. The number of rotatable bonds is 11. The van der Waals surface area contributed by atoms with E-state index in [2.05, 4.69) is 5.32 Å². The number of nitrogens with one attached hydrogen (secondary N) is 1. The Balaban J connectivity index is 2.39. The van der Waals surface area contributed by atoms with Gasteiger partial charge < -0.3 is 10.2 Å². The van der Waals surface area contributed by atoms with E-state index in [1.54, 1.807) is 18.2 Å². The topological polar surface area (TPSA) is 86.8 Å². The van der Waals surface area contributed by atoms with Crippen LogP contribution in [0, 0.1) is 6.92 Å². The monoisotopic (exact) mass is 459 g/mol. The first-order chi connectivity index (χ1) is 15.2. The van der Waals surface area contributed by atoms with Crippen LogP contribution in [0.4, 0.5) is 5.69 Å². The first-order valence-corrected chi connectivity index (χ1v) is 12.7. The second-order valence-electron chi connectivity index (χ2n) is 7.83. The molecule has 2 amide bonds. The van der Waals surface area contributed by atoms with Crippen LogP contribution in [0.25, 0.3) is 0 Å². The SMILES string of the molecule is CCCNC(=O)[C@@H](CC)N(Cc1ccccc1)C(=O)CN(c1cccc(C)c1)S(C)(=O)=O. The molecule has 32 heavy (non-hydrogen) atoms. The van der Waals surface area contributed by atoms with E-state index in [-0.39, 0.29) is 19.0 Å². The maximum absolute atomic E-state index is 13.5. The fraction of sp³-hybridized carbons (Fsp3) is 0.417. The molecule has 0 unspecified atom stereocenters. The van der Waals surface area contributed by atoms with Crippen LogP contribution in [0.5, 0.6) is 0 Å². The molecule has 1 atom stereocenters. The van der Waals surface area contributed by atoms with Gasteiger partial charge in [-0.1, -0.05) is 56.3 Å². The van der Waals surface area contributed by atoms with Gasteiger partial charge in [-0.25, -0.2) is 8.42 Å². The summed E-state index contributed by atoms with van der Waals surface area (Å²) in [4.78, 5) is 27.8. The maximum Gasteiger partial charge on any atom is 0.244 e. The Morgan fingerprint density at radius 3 is 2.28 bits per heavy atom. The third kappa shape index (κ3) is 7.09. The van der Waals surface area contributed by atoms with Crippen LogP contribution in [-0.4, -0.2) is 50.5 Å². The van der Waals surface area contributed by atoms with Gasteiger partial charge in [0.05, 0.1) is 11.9 Å². The zero-order valence-corrected chi connectivity index (χ0v) is 20.1. The minimum absolute atomic E-state index is 0.211. The highest BCUT2D eigenvalue weighted by Gasteiger charge is 2.31. The van der Waals surface area contributed by atoms with Gasteiger partial charge in [0.2, 0.25) is 21.8 Å². The Labute approximate surface area is 191 Å². The highest BCUT2D eigenvalue weighted by molar-refractivity contribution is 7.92. The molecule has 0 aliphatic heterocycles. The van der Waals surface area contributed by atoms with Crippen LogP contribution in [0.1, 0.15) is 37.8 Å². The highest BCUT2D eigenvalue weighted by Crippen LogP contribution is 2.20. The van der Waals surface area contributed by atoms with E-state index in [9.17, 15) is 18.0 Å². The van der Waals surface area contributed by atoms with Crippen LogP contribution in [0.3, 0.4) is 0 Å². The Morgan fingerprint density at radius 1 is 1.03 bits per heavy atom. The molecule has 0 saturated carbocycles. The number of sulfonamides is 1. The summed E-state index contributed by atoms with van der Waals surface area (Å²) in [5.74, 6) is -0.667. The molecule has 0 spiro atoms. The molecule has 2 aromatic rings. The molecule has 2 rings (SSSR count). The van der Waals surface area contributed by atoms with Gasteiger partial charge in [-0.2, -0.15) is 0 Å². The largest absolute Gasteiger partial charge is 0.354 e. The van der Waals surface area contributed by atoms with Crippen molar-refractivity contribution >= 4 is 27.5 Å². The van der Waals surface area contributed by atoms with Crippen molar-refractivity contribution in [1.82, 2.24) is 10.2 Å². The number of amides is 2. The summed E-state index contributed by atoms with van der Waals surface area (Å²) in [5.41, 5.74) is 2.17. The third-order valence-corrected chi connectivity index (χ3v) is 6.24. The summed E-state index contributed by atoms with van der Waals surface area (Å²) in [6.45, 7) is 6.01. The van der Waals surface area contributed by atoms with Crippen LogP contribution < -0.4 is 9.62 Å². The van der Waals surface area contributed by atoms with Crippen LogP contribution in [0.15, 0.2) is 54.6 Å². The minimum atomic E-state index is -3.72. The molecule has 0 aromatic heterocycles. The lowest BCUT2D eigenvalue weighted by Crippen LogP contribution is -2.52. The van der Waals surface area contributed by atoms with E-state index in [4.69, 9.17) is 0 Å². The predicted octanol–water partition coefficient (Wildman–Crippen LogP) is 3.09. The van der Waals surface area contributed by atoms with Gasteiger partial charge in [0.25, 0.3) is 0 Å². The Kier molecular flexibility index (Phi) is 9.26. The first kappa shape index (κ1) is 25.4. The fourth-order valence-electron chi connectivity index (χ4n) is 3.46. The second kappa shape index (κ2) is 11.7. The van der Waals surface area contributed by atoms with E-state index in [1.165, 1.54) is 4.90 Å². The van der Waals surface area contributed by atoms with E-state index >= 15 is 0 Å². The van der Waals surface area contributed by atoms with Gasteiger partial charge in [0.1, 0.15) is 12.6 Å². The minimum Gasteiger partial charge on any atom is -0.354 e. The number of carbonyl (C=O) groups is 2. The van der Waals surface area contributed by atoms with E-state index in [0.717, 1.165) is 28.1 Å². The molecule has 0 saturated heterocycles. The lowest BCUT2D eigenvalue weighted by atomic mass is 10.1. The number of carbonyl (C=O) groups excluding carboxylic acids is 2. The average Bonchev–Trinajstić information content (AvgIpc) is 2.75. The standard InChI is InChI=1S/C24H33N3O4S/c1-5-15-25-24(29)22(6-2)26(17-20-12-8-7-9-13-20)23(28)18-27(32(4,30)31)21-14-10-11-19(3)16-21/h7-14,16,22H,5-6,15,17-18H2,1-4H3,(H,25,29)/t22-/m1/s1. The van der Waals surface area contributed by atoms with Crippen molar-refractivity contribution in [3.8, 4) is 0 Å². The lowest BCUT2D eigenvalue weighted by molar-refractivity contribution is -0.140. The molecule has 1 N–H and O–H groups in total. The molecule has 0 bridgehead atoms. The molecule has 0 aliphatic carbocycles. The summed E-state index contributed by atoms with van der Waals surface area (Å²) in [7, 11) is -3.72. The van der Waals surface area contributed by atoms with Crippen molar-refractivity contribution in [2.24, 2.45) is 0 Å². The number of hydrogen-bond donors (Lipinski definition) is 1. The number of benzene rings is 2. The van der Waals surface area contributed by atoms with Crippen LogP contribution in [0.2, 0.25) is 0 Å². The van der Waals surface area contributed by atoms with E-state index < -0.39 is 22.0 Å². The van der Waals surface area contributed by atoms with E-state index in [1.807, 2.05) is 57.2 Å². The fourth-order valence-corrected chi connectivity index (χ4v) is 4.30. The van der Waals surface area contributed by atoms with Gasteiger partial charge in [-0.3, -0.25) is 13.9 Å².